The normalized spacial score (nSPS) is 19.1. The lowest BCUT2D eigenvalue weighted by Gasteiger charge is -2.39. The summed E-state index contributed by atoms with van der Waals surface area (Å²) < 4.78 is 45.8. The first-order valence-corrected chi connectivity index (χ1v) is 11.9. The molecule has 2 heterocycles. The summed E-state index contributed by atoms with van der Waals surface area (Å²) in [6.45, 7) is 4.21. The molecule has 1 aliphatic carbocycles. The van der Waals surface area contributed by atoms with Gasteiger partial charge in [0.05, 0.1) is 5.56 Å². The number of furan rings is 1. The maximum atomic E-state index is 13.5. The standard InChI is InChI=1S/C30H24F3NO2/c1-29(2)15-21-26-20-9-4-3-6-17(20)10-11-22(26)34-28(27(21)23(35)16-29)25-13-12-24(36-25)18-7-5-8-19(14-18)30(31,32)33/h3-14,28,34H,15-16H2,1-2H3. The first-order chi connectivity index (χ1) is 17.1. The molecule has 1 aromatic heterocycles. The topological polar surface area (TPSA) is 42.2 Å². The highest BCUT2D eigenvalue weighted by Gasteiger charge is 2.41. The smallest absolute Gasteiger partial charge is 0.416 e. The Balaban J connectivity index is 1.49. The molecule has 1 aliphatic heterocycles. The van der Waals surface area contributed by atoms with Crippen LogP contribution >= 0.6 is 0 Å². The first kappa shape index (κ1) is 22.7. The van der Waals surface area contributed by atoms with Crippen LogP contribution in [0.1, 0.15) is 49.6 Å². The fraction of sp³-hybridized carbons (Fsp3) is 0.233. The van der Waals surface area contributed by atoms with Crippen LogP contribution in [-0.2, 0) is 11.0 Å². The van der Waals surface area contributed by atoms with Crippen LogP contribution in [0, 0.1) is 5.41 Å². The lowest BCUT2D eigenvalue weighted by molar-refractivity contribution is -0.137. The minimum Gasteiger partial charge on any atom is -0.459 e. The molecule has 3 aromatic carbocycles. The molecule has 4 aromatic rings. The van der Waals surface area contributed by atoms with E-state index in [1.54, 1.807) is 18.2 Å². The lowest BCUT2D eigenvalue weighted by atomic mass is 9.68. The van der Waals surface area contributed by atoms with Gasteiger partial charge in [0, 0.05) is 28.8 Å². The lowest BCUT2D eigenvalue weighted by Crippen LogP contribution is -2.33. The van der Waals surface area contributed by atoms with Crippen molar-refractivity contribution >= 4 is 27.8 Å². The Labute approximate surface area is 206 Å². The number of hydrogen-bond acceptors (Lipinski definition) is 3. The quantitative estimate of drug-likeness (QED) is 0.309. The molecule has 6 rings (SSSR count). The van der Waals surface area contributed by atoms with Gasteiger partial charge in [-0.05, 0) is 58.5 Å². The molecular formula is C30H24F3NO2. The van der Waals surface area contributed by atoms with Crippen molar-refractivity contribution in [3.8, 4) is 11.3 Å². The van der Waals surface area contributed by atoms with Gasteiger partial charge in [0.1, 0.15) is 17.6 Å². The van der Waals surface area contributed by atoms with Gasteiger partial charge < -0.3 is 9.73 Å². The minimum absolute atomic E-state index is 0.0642. The summed E-state index contributed by atoms with van der Waals surface area (Å²) in [5, 5.41) is 5.70. The molecule has 0 spiro atoms. The van der Waals surface area contributed by atoms with E-state index in [4.69, 9.17) is 4.42 Å². The molecule has 182 valence electrons. The summed E-state index contributed by atoms with van der Waals surface area (Å²) >= 11 is 0. The number of anilines is 1. The minimum atomic E-state index is -4.44. The molecule has 0 saturated heterocycles. The van der Waals surface area contributed by atoms with E-state index in [1.807, 2.05) is 18.2 Å². The number of benzene rings is 3. The molecule has 0 amide bonds. The number of carbonyl (C=O) groups is 1. The summed E-state index contributed by atoms with van der Waals surface area (Å²) in [6, 6.07) is 20.2. The monoisotopic (exact) mass is 487 g/mol. The van der Waals surface area contributed by atoms with Crippen molar-refractivity contribution < 1.29 is 22.4 Å². The van der Waals surface area contributed by atoms with Crippen molar-refractivity contribution in [3.63, 3.8) is 0 Å². The summed E-state index contributed by atoms with van der Waals surface area (Å²) in [7, 11) is 0. The van der Waals surface area contributed by atoms with E-state index in [9.17, 15) is 18.0 Å². The summed E-state index contributed by atoms with van der Waals surface area (Å²) in [5.41, 5.74) is 3.09. The highest BCUT2D eigenvalue weighted by Crippen LogP contribution is 2.52. The van der Waals surface area contributed by atoms with Crippen LogP contribution < -0.4 is 5.32 Å². The molecule has 1 unspecified atom stereocenters. The second-order valence-electron chi connectivity index (χ2n) is 10.4. The number of fused-ring (bicyclic) bond motifs is 4. The van der Waals surface area contributed by atoms with E-state index < -0.39 is 17.8 Å². The van der Waals surface area contributed by atoms with Crippen LogP contribution in [0.4, 0.5) is 18.9 Å². The van der Waals surface area contributed by atoms with Crippen LogP contribution in [0.25, 0.3) is 27.7 Å². The predicted molar refractivity (Wildman–Crippen MR) is 134 cm³/mol. The molecule has 0 fully saturated rings. The number of carbonyl (C=O) groups excluding carboxylic acids is 1. The van der Waals surface area contributed by atoms with E-state index in [1.165, 1.54) is 6.07 Å². The fourth-order valence-corrected chi connectivity index (χ4v) is 5.56. The second-order valence-corrected chi connectivity index (χ2v) is 10.4. The summed E-state index contributed by atoms with van der Waals surface area (Å²) in [5.74, 6) is 0.893. The molecular weight excluding hydrogens is 463 g/mol. The number of allylic oxidation sites excluding steroid dienone is 1. The molecule has 1 N–H and O–H groups in total. The van der Waals surface area contributed by atoms with Crippen molar-refractivity contribution in [3.05, 3.63) is 95.3 Å². The van der Waals surface area contributed by atoms with Crippen molar-refractivity contribution in [1.29, 1.82) is 0 Å². The van der Waals surface area contributed by atoms with Crippen molar-refractivity contribution in [2.45, 2.75) is 38.9 Å². The SMILES string of the molecule is CC1(C)CC(=O)C2=C(C1)c1c(ccc3ccccc13)NC2c1ccc(-c2cccc(C(F)(F)F)c2)o1. The Morgan fingerprint density at radius 1 is 0.944 bits per heavy atom. The molecule has 0 saturated carbocycles. The second kappa shape index (κ2) is 7.85. The van der Waals surface area contributed by atoms with E-state index >= 15 is 0 Å². The van der Waals surface area contributed by atoms with Crippen molar-refractivity contribution in [1.82, 2.24) is 0 Å². The average Bonchev–Trinajstić information content (AvgIpc) is 3.32. The van der Waals surface area contributed by atoms with Gasteiger partial charge >= 0.3 is 6.18 Å². The van der Waals surface area contributed by atoms with Gasteiger partial charge in [-0.15, -0.1) is 0 Å². The van der Waals surface area contributed by atoms with Gasteiger partial charge in [-0.3, -0.25) is 4.79 Å². The van der Waals surface area contributed by atoms with Gasteiger partial charge in [-0.25, -0.2) is 0 Å². The Morgan fingerprint density at radius 2 is 1.75 bits per heavy atom. The van der Waals surface area contributed by atoms with Crippen molar-refractivity contribution in [2.24, 2.45) is 5.41 Å². The zero-order chi connectivity index (χ0) is 25.2. The average molecular weight is 488 g/mol. The third-order valence-electron chi connectivity index (χ3n) is 7.12. The number of Topliss-reactive ketones (excluding diaryl/α,β-unsaturated/α-hetero) is 1. The molecule has 36 heavy (non-hydrogen) atoms. The van der Waals surface area contributed by atoms with E-state index in [0.29, 0.717) is 29.1 Å². The van der Waals surface area contributed by atoms with Crippen LogP contribution in [0.2, 0.25) is 0 Å². The van der Waals surface area contributed by atoms with Crippen LogP contribution in [0.15, 0.2) is 82.8 Å². The predicted octanol–water partition coefficient (Wildman–Crippen LogP) is 8.43. The van der Waals surface area contributed by atoms with Crippen LogP contribution in [0.5, 0.6) is 0 Å². The van der Waals surface area contributed by atoms with Gasteiger partial charge in [0.2, 0.25) is 0 Å². The molecule has 1 atom stereocenters. The largest absolute Gasteiger partial charge is 0.459 e. The highest BCUT2D eigenvalue weighted by atomic mass is 19.4. The highest BCUT2D eigenvalue weighted by molar-refractivity contribution is 6.12. The summed E-state index contributed by atoms with van der Waals surface area (Å²) in [4.78, 5) is 13.5. The Hall–Kier alpha value is -3.80. The Bertz CT molecular complexity index is 1560. The zero-order valence-corrected chi connectivity index (χ0v) is 19.9. The van der Waals surface area contributed by atoms with Crippen molar-refractivity contribution in [2.75, 3.05) is 5.32 Å². The number of hydrogen-bond donors (Lipinski definition) is 1. The van der Waals surface area contributed by atoms with E-state index in [-0.39, 0.29) is 11.2 Å². The van der Waals surface area contributed by atoms with Gasteiger partial charge in [0.25, 0.3) is 0 Å². The zero-order valence-electron chi connectivity index (χ0n) is 19.9. The maximum absolute atomic E-state index is 13.5. The van der Waals surface area contributed by atoms with Gasteiger partial charge in [-0.2, -0.15) is 13.2 Å². The third kappa shape index (κ3) is 3.72. The number of halogens is 3. The Morgan fingerprint density at radius 3 is 2.56 bits per heavy atom. The number of alkyl halides is 3. The number of ketones is 1. The first-order valence-electron chi connectivity index (χ1n) is 11.9. The number of rotatable bonds is 2. The molecule has 0 radical (unpaired) electrons. The van der Waals surface area contributed by atoms with Crippen LogP contribution in [-0.4, -0.2) is 5.78 Å². The molecule has 2 aliphatic rings. The van der Waals surface area contributed by atoms with Gasteiger partial charge in [0.15, 0.2) is 5.78 Å². The fourth-order valence-electron chi connectivity index (χ4n) is 5.56. The molecule has 6 heteroatoms. The molecule has 3 nitrogen and oxygen atoms in total. The van der Waals surface area contributed by atoms with Crippen LogP contribution in [0.3, 0.4) is 0 Å². The maximum Gasteiger partial charge on any atom is 0.416 e. The summed E-state index contributed by atoms with van der Waals surface area (Å²) in [6.07, 6.45) is -3.27. The van der Waals surface area contributed by atoms with Gasteiger partial charge in [-0.1, -0.05) is 56.3 Å². The van der Waals surface area contributed by atoms with E-state index in [2.05, 4.69) is 37.4 Å². The number of nitrogens with one attached hydrogen (secondary N) is 1. The molecule has 0 bridgehead atoms. The Kier molecular flexibility index (Phi) is 4.94. The van der Waals surface area contributed by atoms with E-state index in [0.717, 1.165) is 46.1 Å². The third-order valence-corrected chi connectivity index (χ3v) is 7.12.